The maximum atomic E-state index is 14.0. The third kappa shape index (κ3) is 3.74. The molecule has 8 heteroatoms. The van der Waals surface area contributed by atoms with E-state index in [4.69, 9.17) is 5.73 Å². The van der Waals surface area contributed by atoms with Gasteiger partial charge in [-0.15, -0.1) is 0 Å². The van der Waals surface area contributed by atoms with Gasteiger partial charge in [-0.2, -0.15) is 0 Å². The van der Waals surface area contributed by atoms with Crippen LogP contribution in [0.5, 0.6) is 0 Å². The predicted octanol–water partition coefficient (Wildman–Crippen LogP) is 1.93. The van der Waals surface area contributed by atoms with Crippen molar-refractivity contribution in [1.29, 1.82) is 0 Å². The highest BCUT2D eigenvalue weighted by Crippen LogP contribution is 2.27. The molecular formula is C13H19BrFN3O2S. The molecule has 2 unspecified atom stereocenters. The number of hydrogen-bond donors (Lipinski definition) is 2. The zero-order chi connectivity index (χ0) is 15.8. The Morgan fingerprint density at radius 2 is 2.14 bits per heavy atom. The van der Waals surface area contributed by atoms with Crippen LogP contribution in [0.4, 0.5) is 10.1 Å². The van der Waals surface area contributed by atoms with Crippen LogP contribution in [-0.2, 0) is 10.0 Å². The number of hydrogen-bond acceptors (Lipinski definition) is 4. The molecule has 3 N–H and O–H groups in total. The summed E-state index contributed by atoms with van der Waals surface area (Å²) in [6, 6.07) is 2.57. The van der Waals surface area contributed by atoms with Gasteiger partial charge in [0.05, 0.1) is 4.47 Å². The Hall–Kier alpha value is -0.700. The maximum Gasteiger partial charge on any atom is 0.243 e. The number of benzene rings is 1. The molecule has 0 aliphatic carbocycles. The molecule has 1 fully saturated rings. The van der Waals surface area contributed by atoms with Gasteiger partial charge in [-0.1, -0.05) is 0 Å². The van der Waals surface area contributed by atoms with Crippen molar-refractivity contribution in [1.82, 2.24) is 9.62 Å². The molecule has 1 saturated heterocycles. The molecule has 1 heterocycles. The quantitative estimate of drug-likeness (QED) is 0.786. The monoisotopic (exact) mass is 379 g/mol. The van der Waals surface area contributed by atoms with Gasteiger partial charge in [-0.3, -0.25) is 0 Å². The topological polar surface area (TPSA) is 75.4 Å². The van der Waals surface area contributed by atoms with Crippen molar-refractivity contribution < 1.29 is 12.8 Å². The molecule has 21 heavy (non-hydrogen) atoms. The van der Waals surface area contributed by atoms with E-state index < -0.39 is 20.7 Å². The summed E-state index contributed by atoms with van der Waals surface area (Å²) in [4.78, 5) is 1.75. The Bertz CT molecular complexity index is 639. The Kier molecular flexibility index (Phi) is 4.92. The minimum Gasteiger partial charge on any atom is -0.399 e. The largest absolute Gasteiger partial charge is 0.399 e. The molecule has 1 aromatic rings. The van der Waals surface area contributed by atoms with Crippen LogP contribution in [0.3, 0.4) is 0 Å². The standard InChI is InChI=1S/C13H19BrFN3O2S/c1-8-5-10(3-4-18(8)2)17-21(19,20)12-7-9(16)6-11(14)13(12)15/h6-8,10,17H,3-5,16H2,1-2H3. The molecule has 1 aliphatic heterocycles. The summed E-state index contributed by atoms with van der Waals surface area (Å²) >= 11 is 2.98. The molecule has 2 rings (SSSR count). The van der Waals surface area contributed by atoms with Crippen molar-refractivity contribution in [3.63, 3.8) is 0 Å². The number of nitrogens with two attached hydrogens (primary N) is 1. The summed E-state index contributed by atoms with van der Waals surface area (Å²) in [5.74, 6) is -0.822. The molecule has 2 atom stereocenters. The van der Waals surface area contributed by atoms with Crippen molar-refractivity contribution in [2.24, 2.45) is 0 Å². The average molecular weight is 380 g/mol. The second-order valence-corrected chi connectivity index (χ2v) is 8.02. The van der Waals surface area contributed by atoms with Crippen LogP contribution in [0.25, 0.3) is 0 Å². The third-order valence-corrected chi connectivity index (χ3v) is 5.93. The fraction of sp³-hybridized carbons (Fsp3) is 0.538. The molecule has 0 spiro atoms. The van der Waals surface area contributed by atoms with Crippen molar-refractivity contribution in [2.45, 2.75) is 36.7 Å². The lowest BCUT2D eigenvalue weighted by molar-refractivity contribution is 0.178. The predicted molar refractivity (Wildman–Crippen MR) is 83.9 cm³/mol. The summed E-state index contributed by atoms with van der Waals surface area (Å²) in [6.07, 6.45) is 1.39. The van der Waals surface area contributed by atoms with Crippen LogP contribution in [0.2, 0.25) is 0 Å². The van der Waals surface area contributed by atoms with E-state index in [1.165, 1.54) is 6.07 Å². The van der Waals surface area contributed by atoms with E-state index in [0.29, 0.717) is 12.8 Å². The number of nitrogens with zero attached hydrogens (tertiary/aromatic N) is 1. The lowest BCUT2D eigenvalue weighted by Crippen LogP contribution is -2.47. The zero-order valence-corrected chi connectivity index (χ0v) is 14.3. The van der Waals surface area contributed by atoms with E-state index in [2.05, 4.69) is 25.6 Å². The first-order valence-electron chi connectivity index (χ1n) is 6.68. The molecule has 5 nitrogen and oxygen atoms in total. The molecule has 0 amide bonds. The number of sulfonamides is 1. The highest BCUT2D eigenvalue weighted by atomic mass is 79.9. The summed E-state index contributed by atoms with van der Waals surface area (Å²) < 4.78 is 41.4. The lowest BCUT2D eigenvalue weighted by atomic mass is 10.0. The van der Waals surface area contributed by atoms with Gasteiger partial charge in [-0.25, -0.2) is 17.5 Å². The van der Waals surface area contributed by atoms with Crippen molar-refractivity contribution in [3.05, 3.63) is 22.4 Å². The number of nitrogens with one attached hydrogen (secondary N) is 1. The van der Waals surface area contributed by atoms with Gasteiger partial charge in [0, 0.05) is 17.8 Å². The average Bonchev–Trinajstić information content (AvgIpc) is 2.37. The summed E-state index contributed by atoms with van der Waals surface area (Å²) in [7, 11) is -1.93. The second-order valence-electron chi connectivity index (χ2n) is 5.49. The molecule has 0 aromatic heterocycles. The van der Waals surface area contributed by atoms with Crippen LogP contribution >= 0.6 is 15.9 Å². The van der Waals surface area contributed by atoms with Crippen LogP contribution < -0.4 is 10.5 Å². The maximum absolute atomic E-state index is 14.0. The van der Waals surface area contributed by atoms with Crippen LogP contribution in [0.15, 0.2) is 21.5 Å². The van der Waals surface area contributed by atoms with Gasteiger partial charge < -0.3 is 10.6 Å². The Morgan fingerprint density at radius 3 is 2.76 bits per heavy atom. The van der Waals surface area contributed by atoms with Crippen LogP contribution in [0.1, 0.15) is 19.8 Å². The minimum absolute atomic E-state index is 0.0413. The molecule has 1 aliphatic rings. The Balaban J connectivity index is 2.23. The van der Waals surface area contributed by atoms with Crippen LogP contribution in [0, 0.1) is 5.82 Å². The number of likely N-dealkylation sites (tertiary alicyclic amines) is 1. The fourth-order valence-electron chi connectivity index (χ4n) is 2.46. The first kappa shape index (κ1) is 16.7. The lowest BCUT2D eigenvalue weighted by Gasteiger charge is -2.35. The Morgan fingerprint density at radius 1 is 1.48 bits per heavy atom. The molecule has 118 valence electrons. The number of rotatable bonds is 3. The number of nitrogen functional groups attached to an aromatic ring is 1. The van der Waals surface area contributed by atoms with Gasteiger partial charge in [0.15, 0.2) is 5.82 Å². The van der Waals surface area contributed by atoms with Crippen molar-refractivity contribution in [3.8, 4) is 0 Å². The summed E-state index contributed by atoms with van der Waals surface area (Å²) in [5, 5.41) is 0. The van der Waals surface area contributed by atoms with Crippen molar-refractivity contribution in [2.75, 3.05) is 19.3 Å². The molecule has 0 radical (unpaired) electrons. The third-order valence-electron chi connectivity index (χ3n) is 3.84. The normalized spacial score (nSPS) is 24.2. The summed E-state index contributed by atoms with van der Waals surface area (Å²) in [5.41, 5.74) is 5.80. The first-order valence-corrected chi connectivity index (χ1v) is 8.95. The summed E-state index contributed by atoms with van der Waals surface area (Å²) in [6.45, 7) is 2.84. The molecule has 0 bridgehead atoms. The Labute approximate surface area is 132 Å². The number of halogens is 2. The van der Waals surface area contributed by atoms with Crippen molar-refractivity contribution >= 4 is 31.6 Å². The first-order chi connectivity index (χ1) is 9.70. The number of anilines is 1. The van der Waals surface area contributed by atoms with Gasteiger partial charge in [0.1, 0.15) is 4.90 Å². The van der Waals surface area contributed by atoms with E-state index >= 15 is 0 Å². The smallest absolute Gasteiger partial charge is 0.243 e. The molecule has 1 aromatic carbocycles. The van der Waals surface area contributed by atoms with E-state index in [1.807, 2.05) is 14.0 Å². The zero-order valence-electron chi connectivity index (χ0n) is 11.9. The fourth-order valence-corrected chi connectivity index (χ4v) is 4.48. The van der Waals surface area contributed by atoms with E-state index in [1.54, 1.807) is 0 Å². The van der Waals surface area contributed by atoms with E-state index in [0.717, 1.165) is 12.6 Å². The number of piperidine rings is 1. The van der Waals surface area contributed by atoms with Gasteiger partial charge in [-0.05, 0) is 61.4 Å². The van der Waals surface area contributed by atoms with Crippen LogP contribution in [-0.4, -0.2) is 39.0 Å². The molecular weight excluding hydrogens is 361 g/mol. The molecule has 0 saturated carbocycles. The van der Waals surface area contributed by atoms with Gasteiger partial charge in [0.25, 0.3) is 0 Å². The van der Waals surface area contributed by atoms with Gasteiger partial charge in [0.2, 0.25) is 10.0 Å². The van der Waals surface area contributed by atoms with E-state index in [9.17, 15) is 12.8 Å². The second kappa shape index (κ2) is 6.20. The minimum atomic E-state index is -3.93. The van der Waals surface area contributed by atoms with Gasteiger partial charge >= 0.3 is 0 Å². The SMILES string of the molecule is CC1CC(NS(=O)(=O)c2cc(N)cc(Br)c2F)CCN1C. The highest BCUT2D eigenvalue weighted by molar-refractivity contribution is 9.10. The highest BCUT2D eigenvalue weighted by Gasteiger charge is 2.29. The van der Waals surface area contributed by atoms with E-state index in [-0.39, 0.29) is 22.2 Å².